The summed E-state index contributed by atoms with van der Waals surface area (Å²) in [4.78, 5) is 0. The minimum absolute atomic E-state index is 0.152. The van der Waals surface area contributed by atoms with E-state index in [-0.39, 0.29) is 5.03 Å². The van der Waals surface area contributed by atoms with Gasteiger partial charge in [0.05, 0.1) is 11.9 Å². The highest BCUT2D eigenvalue weighted by Gasteiger charge is 2.19. The van der Waals surface area contributed by atoms with Gasteiger partial charge in [0.15, 0.2) is 5.03 Å². The summed E-state index contributed by atoms with van der Waals surface area (Å²) in [5.41, 5.74) is 1.73. The third-order valence-electron chi connectivity index (χ3n) is 2.56. The first kappa shape index (κ1) is 12.8. The van der Waals surface area contributed by atoms with Gasteiger partial charge in [-0.15, -0.1) is 0 Å². The standard InChI is InChI=1S/C12H15N3O2S/c1-3-14-18(16,17)12-8-9-13-15(12)11-7-5-4-6-10(11)2/h4-9,14H,3H2,1-2H3. The van der Waals surface area contributed by atoms with Crippen LogP contribution in [0.25, 0.3) is 5.69 Å². The van der Waals surface area contributed by atoms with Crippen LogP contribution in [0.15, 0.2) is 41.6 Å². The number of benzene rings is 1. The van der Waals surface area contributed by atoms with E-state index in [1.54, 1.807) is 6.92 Å². The number of sulfonamides is 1. The van der Waals surface area contributed by atoms with Crippen LogP contribution >= 0.6 is 0 Å². The van der Waals surface area contributed by atoms with Gasteiger partial charge in [0.1, 0.15) is 0 Å². The summed E-state index contributed by atoms with van der Waals surface area (Å²) < 4.78 is 28.0. The first-order valence-electron chi connectivity index (χ1n) is 5.66. The summed E-state index contributed by atoms with van der Waals surface area (Å²) in [5, 5.41) is 4.24. The van der Waals surface area contributed by atoms with Crippen molar-refractivity contribution in [1.82, 2.24) is 14.5 Å². The minimum Gasteiger partial charge on any atom is -0.220 e. The van der Waals surface area contributed by atoms with E-state index in [9.17, 15) is 8.42 Å². The van der Waals surface area contributed by atoms with E-state index in [2.05, 4.69) is 9.82 Å². The maximum Gasteiger partial charge on any atom is 0.258 e. The molecule has 0 amide bonds. The molecule has 18 heavy (non-hydrogen) atoms. The minimum atomic E-state index is -3.51. The largest absolute Gasteiger partial charge is 0.258 e. The molecule has 0 radical (unpaired) electrons. The first-order valence-corrected chi connectivity index (χ1v) is 7.14. The van der Waals surface area contributed by atoms with E-state index in [4.69, 9.17) is 0 Å². The summed E-state index contributed by atoms with van der Waals surface area (Å²) in [6.45, 7) is 4.01. The Balaban J connectivity index is 2.56. The van der Waals surface area contributed by atoms with Gasteiger partial charge in [0, 0.05) is 6.54 Å². The van der Waals surface area contributed by atoms with Gasteiger partial charge in [-0.25, -0.2) is 17.8 Å². The molecule has 0 spiro atoms. The lowest BCUT2D eigenvalue weighted by Gasteiger charge is -2.10. The molecular formula is C12H15N3O2S. The van der Waals surface area contributed by atoms with E-state index in [0.717, 1.165) is 11.3 Å². The molecule has 0 saturated heterocycles. The third kappa shape index (κ3) is 2.30. The van der Waals surface area contributed by atoms with Gasteiger partial charge in [-0.3, -0.25) is 0 Å². The second-order valence-electron chi connectivity index (χ2n) is 3.87. The zero-order valence-corrected chi connectivity index (χ0v) is 11.1. The van der Waals surface area contributed by atoms with Crippen LogP contribution in [-0.2, 0) is 10.0 Å². The fraction of sp³-hybridized carbons (Fsp3) is 0.250. The lowest BCUT2D eigenvalue weighted by Crippen LogP contribution is -2.25. The van der Waals surface area contributed by atoms with E-state index in [1.807, 2.05) is 31.2 Å². The monoisotopic (exact) mass is 265 g/mol. The Bertz CT molecular complexity index is 647. The second-order valence-corrected chi connectivity index (χ2v) is 5.58. The molecule has 0 saturated carbocycles. The van der Waals surface area contributed by atoms with Crippen molar-refractivity contribution in [3.8, 4) is 5.69 Å². The molecule has 0 aliphatic heterocycles. The molecule has 96 valence electrons. The van der Waals surface area contributed by atoms with Crippen LogP contribution in [0.2, 0.25) is 0 Å². The van der Waals surface area contributed by atoms with Gasteiger partial charge in [-0.1, -0.05) is 25.1 Å². The third-order valence-corrected chi connectivity index (χ3v) is 4.09. The Morgan fingerprint density at radius 1 is 1.28 bits per heavy atom. The average molecular weight is 265 g/mol. The molecule has 1 heterocycles. The molecule has 2 aromatic rings. The topological polar surface area (TPSA) is 64.0 Å². The van der Waals surface area contributed by atoms with E-state index in [0.29, 0.717) is 6.54 Å². The summed E-state index contributed by atoms with van der Waals surface area (Å²) >= 11 is 0. The maximum atomic E-state index is 12.0. The molecule has 5 nitrogen and oxygen atoms in total. The van der Waals surface area contributed by atoms with Gasteiger partial charge in [-0.05, 0) is 24.6 Å². The summed E-state index contributed by atoms with van der Waals surface area (Å²) in [6.07, 6.45) is 1.48. The van der Waals surface area contributed by atoms with Crippen LogP contribution in [0.3, 0.4) is 0 Å². The Morgan fingerprint density at radius 2 is 2.00 bits per heavy atom. The highest BCUT2D eigenvalue weighted by molar-refractivity contribution is 7.89. The number of para-hydroxylation sites is 1. The fourth-order valence-corrected chi connectivity index (χ4v) is 2.88. The zero-order valence-electron chi connectivity index (χ0n) is 10.3. The summed E-state index contributed by atoms with van der Waals surface area (Å²) in [5.74, 6) is 0. The number of nitrogens with one attached hydrogen (secondary N) is 1. The lowest BCUT2D eigenvalue weighted by molar-refractivity contribution is 0.573. The van der Waals surface area contributed by atoms with Crippen LogP contribution in [-0.4, -0.2) is 24.7 Å². The van der Waals surface area contributed by atoms with Gasteiger partial charge in [0.2, 0.25) is 0 Å². The van der Waals surface area contributed by atoms with Crippen molar-refractivity contribution in [3.05, 3.63) is 42.1 Å². The first-order chi connectivity index (χ1) is 8.56. The fourth-order valence-electron chi connectivity index (χ4n) is 1.74. The molecule has 0 fully saturated rings. The van der Waals surface area contributed by atoms with Crippen LogP contribution in [0.4, 0.5) is 0 Å². The molecule has 0 aliphatic carbocycles. The SMILES string of the molecule is CCNS(=O)(=O)c1ccnn1-c1ccccc1C. The smallest absolute Gasteiger partial charge is 0.220 e. The number of hydrogen-bond donors (Lipinski definition) is 1. The Hall–Kier alpha value is -1.66. The molecule has 2 rings (SSSR count). The molecule has 1 N–H and O–H groups in total. The van der Waals surface area contributed by atoms with Crippen LogP contribution in [0, 0.1) is 6.92 Å². The predicted octanol–water partition coefficient (Wildman–Crippen LogP) is 1.48. The Labute approximate surface area is 107 Å². The number of aromatic nitrogens is 2. The van der Waals surface area contributed by atoms with Crippen LogP contribution in [0.5, 0.6) is 0 Å². The molecule has 0 aliphatic rings. The van der Waals surface area contributed by atoms with Gasteiger partial charge in [-0.2, -0.15) is 5.10 Å². The quantitative estimate of drug-likeness (QED) is 0.910. The zero-order chi connectivity index (χ0) is 13.2. The summed E-state index contributed by atoms with van der Waals surface area (Å²) in [7, 11) is -3.51. The molecular weight excluding hydrogens is 250 g/mol. The normalized spacial score (nSPS) is 11.7. The van der Waals surface area contributed by atoms with Crippen molar-refractivity contribution in [2.75, 3.05) is 6.54 Å². The number of hydrogen-bond acceptors (Lipinski definition) is 3. The van der Waals surface area contributed by atoms with E-state index in [1.165, 1.54) is 16.9 Å². The number of nitrogens with zero attached hydrogens (tertiary/aromatic N) is 2. The second kappa shape index (κ2) is 4.91. The van der Waals surface area contributed by atoms with Crippen molar-refractivity contribution >= 4 is 10.0 Å². The molecule has 0 unspecified atom stereocenters. The molecule has 6 heteroatoms. The summed E-state index contributed by atoms with van der Waals surface area (Å²) in [6, 6.07) is 9.01. The van der Waals surface area contributed by atoms with E-state index >= 15 is 0 Å². The van der Waals surface area contributed by atoms with Gasteiger partial charge >= 0.3 is 0 Å². The van der Waals surface area contributed by atoms with Crippen LogP contribution in [0.1, 0.15) is 12.5 Å². The van der Waals surface area contributed by atoms with Crippen molar-refractivity contribution in [1.29, 1.82) is 0 Å². The average Bonchev–Trinajstić information content (AvgIpc) is 2.79. The van der Waals surface area contributed by atoms with Crippen molar-refractivity contribution in [2.24, 2.45) is 0 Å². The molecule has 0 atom stereocenters. The Morgan fingerprint density at radius 3 is 2.67 bits per heavy atom. The molecule has 1 aromatic carbocycles. The Kier molecular flexibility index (Phi) is 3.49. The van der Waals surface area contributed by atoms with Gasteiger partial charge < -0.3 is 0 Å². The predicted molar refractivity (Wildman–Crippen MR) is 69.2 cm³/mol. The molecule has 0 bridgehead atoms. The van der Waals surface area contributed by atoms with Crippen molar-refractivity contribution in [3.63, 3.8) is 0 Å². The van der Waals surface area contributed by atoms with E-state index < -0.39 is 10.0 Å². The van der Waals surface area contributed by atoms with Crippen molar-refractivity contribution < 1.29 is 8.42 Å². The highest BCUT2D eigenvalue weighted by Crippen LogP contribution is 2.17. The number of aryl methyl sites for hydroxylation is 1. The van der Waals surface area contributed by atoms with Gasteiger partial charge in [0.25, 0.3) is 10.0 Å². The van der Waals surface area contributed by atoms with Crippen molar-refractivity contribution in [2.45, 2.75) is 18.9 Å². The maximum absolute atomic E-state index is 12.0. The number of rotatable bonds is 4. The molecule has 1 aromatic heterocycles. The lowest BCUT2D eigenvalue weighted by atomic mass is 10.2. The van der Waals surface area contributed by atoms with Crippen LogP contribution < -0.4 is 4.72 Å². The highest BCUT2D eigenvalue weighted by atomic mass is 32.2.